The Hall–Kier alpha value is -0.850. The van der Waals surface area contributed by atoms with Crippen molar-refractivity contribution in [2.45, 2.75) is 6.29 Å². The fraction of sp³-hybridized carbons (Fsp3) is 0.833. The first-order chi connectivity index (χ1) is 5.37. The zero-order chi connectivity index (χ0) is 9.89. The first kappa shape index (κ1) is 11.2. The van der Waals surface area contributed by atoms with Crippen LogP contribution in [0, 0.1) is 5.41 Å². The van der Waals surface area contributed by atoms with Gasteiger partial charge < -0.3 is 5.73 Å². The van der Waals surface area contributed by atoms with Crippen molar-refractivity contribution < 1.29 is 5.21 Å². The fourth-order valence-electron chi connectivity index (χ4n) is 1.02. The average molecular weight is 175 g/mol. The maximum Gasteiger partial charge on any atom is 0.215 e. The second kappa shape index (κ2) is 4.24. The molecule has 0 radical (unpaired) electrons. The fourth-order valence-corrected chi connectivity index (χ4v) is 1.02. The van der Waals surface area contributed by atoms with Gasteiger partial charge >= 0.3 is 0 Å². The van der Waals surface area contributed by atoms with Crippen molar-refractivity contribution in [2.24, 2.45) is 5.73 Å². The highest BCUT2D eigenvalue weighted by molar-refractivity contribution is 5.73. The molecule has 0 unspecified atom stereocenters. The van der Waals surface area contributed by atoms with Gasteiger partial charge in [-0.25, -0.2) is 0 Å². The van der Waals surface area contributed by atoms with E-state index >= 15 is 0 Å². The molecular weight excluding hydrogens is 158 g/mol. The molecular formula is C6H17N5O. The summed E-state index contributed by atoms with van der Waals surface area (Å²) in [7, 11) is 7.15. The lowest BCUT2D eigenvalue weighted by molar-refractivity contribution is -0.151. The minimum Gasteiger partial charge on any atom is -0.368 e. The van der Waals surface area contributed by atoms with E-state index in [0.717, 1.165) is 0 Å². The highest BCUT2D eigenvalue weighted by Gasteiger charge is 2.21. The van der Waals surface area contributed by atoms with E-state index in [0.29, 0.717) is 5.06 Å². The number of hydroxylamine groups is 2. The van der Waals surface area contributed by atoms with Gasteiger partial charge in [0.25, 0.3) is 0 Å². The van der Waals surface area contributed by atoms with Crippen LogP contribution < -0.4 is 5.73 Å². The summed E-state index contributed by atoms with van der Waals surface area (Å²) in [6.07, 6.45) is -0.414. The summed E-state index contributed by atoms with van der Waals surface area (Å²) < 4.78 is 0. The van der Waals surface area contributed by atoms with Crippen LogP contribution in [-0.2, 0) is 0 Å². The highest BCUT2D eigenvalue weighted by Crippen LogP contribution is 2.00. The van der Waals surface area contributed by atoms with Crippen LogP contribution in [0.3, 0.4) is 0 Å². The van der Waals surface area contributed by atoms with Crippen molar-refractivity contribution in [3.05, 3.63) is 0 Å². The van der Waals surface area contributed by atoms with Gasteiger partial charge in [-0.2, -0.15) is 5.06 Å². The maximum atomic E-state index is 9.33. The topological polar surface area (TPSA) is 79.8 Å². The first-order valence-corrected chi connectivity index (χ1v) is 3.53. The van der Waals surface area contributed by atoms with Crippen molar-refractivity contribution in [1.82, 2.24) is 14.9 Å². The van der Waals surface area contributed by atoms with Gasteiger partial charge in [-0.05, 0) is 28.2 Å². The summed E-state index contributed by atoms with van der Waals surface area (Å²) in [5.41, 5.74) is 5.12. The van der Waals surface area contributed by atoms with Gasteiger partial charge in [0.1, 0.15) is 0 Å². The smallest absolute Gasteiger partial charge is 0.215 e. The van der Waals surface area contributed by atoms with Gasteiger partial charge in [-0.3, -0.25) is 20.4 Å². The lowest BCUT2D eigenvalue weighted by Crippen LogP contribution is -2.55. The Kier molecular flexibility index (Phi) is 3.94. The molecule has 0 aliphatic carbocycles. The van der Waals surface area contributed by atoms with Gasteiger partial charge in [-0.15, -0.1) is 0 Å². The molecule has 0 aromatic heterocycles. The molecule has 0 fully saturated rings. The van der Waals surface area contributed by atoms with E-state index in [1.54, 1.807) is 38.0 Å². The zero-order valence-electron chi connectivity index (χ0n) is 7.94. The highest BCUT2D eigenvalue weighted by atomic mass is 16.5. The summed E-state index contributed by atoms with van der Waals surface area (Å²) in [5, 5.41) is 17.0. The molecule has 0 atom stereocenters. The van der Waals surface area contributed by atoms with E-state index in [2.05, 4.69) is 0 Å². The monoisotopic (exact) mass is 175 g/mol. The molecule has 0 heterocycles. The molecule has 0 aliphatic heterocycles. The molecule has 0 aromatic rings. The molecule has 0 amide bonds. The van der Waals surface area contributed by atoms with Gasteiger partial charge in [0.15, 0.2) is 6.29 Å². The van der Waals surface area contributed by atoms with Gasteiger partial charge in [0.2, 0.25) is 5.96 Å². The Labute approximate surface area is 72.6 Å². The number of hydrogen-bond acceptors (Lipinski definition) is 4. The summed E-state index contributed by atoms with van der Waals surface area (Å²) in [5.74, 6) is -0.373. The predicted octanol–water partition coefficient (Wildman–Crippen LogP) is -1.02. The molecule has 0 saturated carbocycles. The number of hydrogen-bond donors (Lipinski definition) is 3. The Morgan fingerprint density at radius 1 is 1.25 bits per heavy atom. The molecule has 6 heteroatoms. The number of rotatable bonds is 3. The summed E-state index contributed by atoms with van der Waals surface area (Å²) >= 11 is 0. The molecule has 0 saturated heterocycles. The van der Waals surface area contributed by atoms with Crippen molar-refractivity contribution in [2.75, 3.05) is 28.2 Å². The molecule has 0 spiro atoms. The predicted molar refractivity (Wildman–Crippen MR) is 46.7 cm³/mol. The largest absolute Gasteiger partial charge is 0.368 e. The molecule has 4 N–H and O–H groups in total. The molecule has 12 heavy (non-hydrogen) atoms. The Balaban J connectivity index is 4.40. The van der Waals surface area contributed by atoms with E-state index in [1.807, 2.05) is 0 Å². The standard InChI is InChI=1S/C6H17N5O/c1-9(2)6(10(3)4)11(12)5(7)8/h6,12H,1-4H3,(H3,7,8). The minimum atomic E-state index is -0.414. The van der Waals surface area contributed by atoms with Crippen LogP contribution in [-0.4, -0.2) is 60.5 Å². The Bertz CT molecular complexity index is 150. The van der Waals surface area contributed by atoms with Gasteiger partial charge in [0.05, 0.1) is 0 Å². The third-order valence-corrected chi connectivity index (χ3v) is 1.39. The number of guanidine groups is 1. The van der Waals surface area contributed by atoms with Crippen LogP contribution in [0.2, 0.25) is 0 Å². The first-order valence-electron chi connectivity index (χ1n) is 3.53. The van der Waals surface area contributed by atoms with Crippen LogP contribution in [0.15, 0.2) is 0 Å². The van der Waals surface area contributed by atoms with E-state index < -0.39 is 6.29 Å². The van der Waals surface area contributed by atoms with Crippen LogP contribution in [0.1, 0.15) is 0 Å². The Morgan fingerprint density at radius 2 is 1.58 bits per heavy atom. The molecule has 6 nitrogen and oxygen atoms in total. The van der Waals surface area contributed by atoms with E-state index in [4.69, 9.17) is 11.1 Å². The summed E-state index contributed by atoms with van der Waals surface area (Å²) in [6, 6.07) is 0. The average Bonchev–Trinajstić information content (AvgIpc) is 1.85. The zero-order valence-corrected chi connectivity index (χ0v) is 7.94. The van der Waals surface area contributed by atoms with Crippen molar-refractivity contribution >= 4 is 5.96 Å². The molecule has 72 valence electrons. The normalized spacial score (nSPS) is 11.3. The lowest BCUT2D eigenvalue weighted by atomic mass is 10.6. The van der Waals surface area contributed by atoms with Crippen molar-refractivity contribution in [3.8, 4) is 0 Å². The van der Waals surface area contributed by atoms with E-state index in [-0.39, 0.29) is 5.96 Å². The second-order valence-electron chi connectivity index (χ2n) is 3.00. The summed E-state index contributed by atoms with van der Waals surface area (Å²) in [4.78, 5) is 3.48. The molecule has 0 bridgehead atoms. The number of nitrogens with two attached hydrogens (primary N) is 1. The van der Waals surface area contributed by atoms with E-state index in [1.165, 1.54) is 0 Å². The SMILES string of the molecule is CN(C)C(N(C)C)N(O)C(=N)N. The van der Waals surface area contributed by atoms with Crippen molar-refractivity contribution in [3.63, 3.8) is 0 Å². The summed E-state index contributed by atoms with van der Waals surface area (Å²) in [6.45, 7) is 0. The van der Waals surface area contributed by atoms with Crippen LogP contribution >= 0.6 is 0 Å². The number of nitrogens with zero attached hydrogens (tertiary/aromatic N) is 3. The molecule has 0 rings (SSSR count). The maximum absolute atomic E-state index is 9.33. The van der Waals surface area contributed by atoms with E-state index in [9.17, 15) is 5.21 Å². The molecule has 0 aromatic carbocycles. The second-order valence-corrected chi connectivity index (χ2v) is 3.00. The molecule has 0 aliphatic rings. The van der Waals surface area contributed by atoms with Crippen molar-refractivity contribution in [1.29, 1.82) is 5.41 Å². The lowest BCUT2D eigenvalue weighted by Gasteiger charge is -2.35. The Morgan fingerprint density at radius 3 is 1.67 bits per heavy atom. The third-order valence-electron chi connectivity index (χ3n) is 1.39. The minimum absolute atomic E-state index is 0.373. The third kappa shape index (κ3) is 2.65. The van der Waals surface area contributed by atoms with Crippen LogP contribution in [0.5, 0.6) is 0 Å². The van der Waals surface area contributed by atoms with Crippen LogP contribution in [0.4, 0.5) is 0 Å². The van der Waals surface area contributed by atoms with Gasteiger partial charge in [0, 0.05) is 0 Å². The quantitative estimate of drug-likeness (QED) is 0.221. The van der Waals surface area contributed by atoms with Crippen LogP contribution in [0.25, 0.3) is 0 Å². The van der Waals surface area contributed by atoms with Gasteiger partial charge in [-0.1, -0.05) is 0 Å². The number of nitrogens with one attached hydrogen (secondary N) is 1.